The molecule has 3 heteroatoms. The van der Waals surface area contributed by atoms with E-state index >= 15 is 0 Å². The van der Waals surface area contributed by atoms with Crippen LogP contribution in [0.5, 0.6) is 0 Å². The molecule has 0 spiro atoms. The molecule has 0 atom stereocenters. The Balaban J connectivity index is 1.18. The Kier molecular flexibility index (Phi) is 5.63. The Bertz CT molecular complexity index is 3570. The van der Waals surface area contributed by atoms with E-state index in [4.69, 9.17) is 4.42 Å². The Labute approximate surface area is 315 Å². The van der Waals surface area contributed by atoms with Crippen LogP contribution in [0.1, 0.15) is 0 Å². The summed E-state index contributed by atoms with van der Waals surface area (Å²) in [6, 6.07) is 66.5. The summed E-state index contributed by atoms with van der Waals surface area (Å²) in [7, 11) is 0. The minimum atomic E-state index is 0.893. The molecule has 0 aliphatic heterocycles. The second-order valence-electron chi connectivity index (χ2n) is 14.8. The number of nitrogens with zero attached hydrogens (tertiary/aromatic N) is 2. The number of furan rings is 1. The van der Waals surface area contributed by atoms with Gasteiger partial charge in [0, 0.05) is 38.3 Å². The highest BCUT2D eigenvalue weighted by atomic mass is 16.3. The van der Waals surface area contributed by atoms with Crippen LogP contribution < -0.4 is 0 Å². The van der Waals surface area contributed by atoms with Crippen molar-refractivity contribution in [2.75, 3.05) is 0 Å². The second kappa shape index (κ2) is 10.6. The Hall–Kier alpha value is -7.36. The van der Waals surface area contributed by atoms with Gasteiger partial charge in [-0.1, -0.05) is 127 Å². The Morgan fingerprint density at radius 1 is 0.327 bits per heavy atom. The minimum absolute atomic E-state index is 0.893. The number of hydrogen-bond acceptors (Lipinski definition) is 1. The summed E-state index contributed by atoms with van der Waals surface area (Å²) < 4.78 is 11.5. The maximum atomic E-state index is 6.56. The molecule has 55 heavy (non-hydrogen) atoms. The van der Waals surface area contributed by atoms with Crippen molar-refractivity contribution in [3.8, 4) is 44.8 Å². The number of rotatable bonds is 3. The zero-order chi connectivity index (χ0) is 35.8. The molecule has 1 aliphatic rings. The van der Waals surface area contributed by atoms with Crippen LogP contribution in [0.15, 0.2) is 186 Å². The van der Waals surface area contributed by atoms with Crippen molar-refractivity contribution in [1.29, 1.82) is 0 Å². The molecule has 9 aromatic carbocycles. The molecule has 0 saturated heterocycles. The topological polar surface area (TPSA) is 23.0 Å². The molecule has 13 rings (SSSR count). The van der Waals surface area contributed by atoms with Crippen molar-refractivity contribution in [3.63, 3.8) is 0 Å². The van der Waals surface area contributed by atoms with Crippen LogP contribution in [0.4, 0.5) is 0 Å². The monoisotopic (exact) mass is 698 g/mol. The van der Waals surface area contributed by atoms with E-state index in [2.05, 4.69) is 191 Å². The van der Waals surface area contributed by atoms with E-state index in [1.54, 1.807) is 0 Å². The van der Waals surface area contributed by atoms with Crippen LogP contribution in [-0.2, 0) is 0 Å². The summed E-state index contributed by atoms with van der Waals surface area (Å²) in [5.74, 6) is 0. The lowest BCUT2D eigenvalue weighted by Crippen LogP contribution is -1.96. The fraction of sp³-hybridized carbons (Fsp3) is 0. The van der Waals surface area contributed by atoms with E-state index < -0.39 is 0 Å². The van der Waals surface area contributed by atoms with Crippen molar-refractivity contribution in [1.82, 2.24) is 9.13 Å². The molecule has 3 aromatic heterocycles. The molecule has 0 unspecified atom stereocenters. The van der Waals surface area contributed by atoms with Crippen molar-refractivity contribution in [2.45, 2.75) is 0 Å². The number of hydrogen-bond donors (Lipinski definition) is 0. The molecule has 0 N–H and O–H groups in total. The maximum Gasteiger partial charge on any atom is 0.137 e. The molecular weight excluding hydrogens is 669 g/mol. The molecule has 3 nitrogen and oxygen atoms in total. The third kappa shape index (κ3) is 3.84. The van der Waals surface area contributed by atoms with Gasteiger partial charge < -0.3 is 13.6 Å². The first-order valence-corrected chi connectivity index (χ1v) is 18.9. The van der Waals surface area contributed by atoms with E-state index in [1.807, 2.05) is 0 Å². The van der Waals surface area contributed by atoms with Gasteiger partial charge in [-0.15, -0.1) is 0 Å². The standard InChI is InChI=1S/C52H30N2O/c1-2-10-31(11-3-1)32-20-22-34(23-21-32)53-44-18-6-4-14-37(44)40-26-28-45-49(51(40)53)42-27-29-47-50(41-15-5-7-19-46(41)55-47)52(42)54(45)35-24-25-36-38-16-8-12-33-13-9-17-39(48(33)38)43(36)30-35/h1-30H. The Morgan fingerprint density at radius 2 is 1.00 bits per heavy atom. The van der Waals surface area contributed by atoms with E-state index in [0.29, 0.717) is 0 Å². The minimum Gasteiger partial charge on any atom is -0.456 e. The van der Waals surface area contributed by atoms with E-state index in [0.717, 1.165) is 38.8 Å². The third-order valence-electron chi connectivity index (χ3n) is 12.0. The van der Waals surface area contributed by atoms with Gasteiger partial charge in [-0.05, 0) is 98.8 Å². The predicted octanol–water partition coefficient (Wildman–Crippen LogP) is 14.2. The average molecular weight is 699 g/mol. The van der Waals surface area contributed by atoms with Crippen molar-refractivity contribution in [2.24, 2.45) is 0 Å². The van der Waals surface area contributed by atoms with Crippen LogP contribution in [0, 0.1) is 0 Å². The van der Waals surface area contributed by atoms with Crippen LogP contribution in [-0.4, -0.2) is 9.13 Å². The van der Waals surface area contributed by atoms with Crippen LogP contribution in [0.3, 0.4) is 0 Å². The van der Waals surface area contributed by atoms with Crippen molar-refractivity contribution < 1.29 is 4.42 Å². The van der Waals surface area contributed by atoms with Crippen LogP contribution >= 0.6 is 0 Å². The molecular formula is C52H30N2O. The van der Waals surface area contributed by atoms with Gasteiger partial charge in [0.15, 0.2) is 0 Å². The lowest BCUT2D eigenvalue weighted by molar-refractivity contribution is 0.669. The zero-order valence-electron chi connectivity index (χ0n) is 29.6. The van der Waals surface area contributed by atoms with Gasteiger partial charge in [-0.3, -0.25) is 0 Å². The van der Waals surface area contributed by atoms with Gasteiger partial charge in [0.05, 0.1) is 27.5 Å². The first-order chi connectivity index (χ1) is 27.3. The molecule has 0 fully saturated rings. The summed E-state index contributed by atoms with van der Waals surface area (Å²) in [5.41, 5.74) is 16.4. The summed E-state index contributed by atoms with van der Waals surface area (Å²) in [6.07, 6.45) is 0. The predicted molar refractivity (Wildman–Crippen MR) is 230 cm³/mol. The maximum absolute atomic E-state index is 6.56. The lowest BCUT2D eigenvalue weighted by Gasteiger charge is -2.12. The smallest absolute Gasteiger partial charge is 0.137 e. The summed E-state index contributed by atoms with van der Waals surface area (Å²) in [5, 5.41) is 9.80. The van der Waals surface area contributed by atoms with Crippen molar-refractivity contribution in [3.05, 3.63) is 182 Å². The molecule has 0 bridgehead atoms. The molecule has 3 heterocycles. The average Bonchev–Trinajstić information content (AvgIpc) is 3.98. The normalized spacial score (nSPS) is 12.4. The Morgan fingerprint density at radius 3 is 1.85 bits per heavy atom. The summed E-state index contributed by atoms with van der Waals surface area (Å²) in [6.45, 7) is 0. The fourth-order valence-electron chi connectivity index (χ4n) is 9.74. The largest absolute Gasteiger partial charge is 0.456 e. The first kappa shape index (κ1) is 29.1. The number of aromatic nitrogens is 2. The second-order valence-corrected chi connectivity index (χ2v) is 14.8. The van der Waals surface area contributed by atoms with Gasteiger partial charge in [0.1, 0.15) is 11.2 Å². The highest BCUT2D eigenvalue weighted by Gasteiger charge is 2.26. The van der Waals surface area contributed by atoms with Crippen molar-refractivity contribution >= 4 is 76.3 Å². The van der Waals surface area contributed by atoms with Crippen LogP contribution in [0.2, 0.25) is 0 Å². The molecule has 0 saturated carbocycles. The van der Waals surface area contributed by atoms with Gasteiger partial charge >= 0.3 is 0 Å². The quantitative estimate of drug-likeness (QED) is 0.180. The zero-order valence-corrected chi connectivity index (χ0v) is 29.6. The van der Waals surface area contributed by atoms with Gasteiger partial charge in [-0.2, -0.15) is 0 Å². The van der Waals surface area contributed by atoms with E-state index in [9.17, 15) is 0 Å². The summed E-state index contributed by atoms with van der Waals surface area (Å²) in [4.78, 5) is 0. The number of para-hydroxylation sites is 2. The molecule has 1 aliphatic carbocycles. The molecule has 254 valence electrons. The third-order valence-corrected chi connectivity index (χ3v) is 12.0. The summed E-state index contributed by atoms with van der Waals surface area (Å²) >= 11 is 0. The first-order valence-electron chi connectivity index (χ1n) is 18.9. The molecule has 0 amide bonds. The number of fused-ring (bicyclic) bond motifs is 14. The SMILES string of the molecule is c1ccc(-c2ccc(-n3c4ccccc4c4ccc5c(c6ccc7oc8ccccc8c7c6n5-c5ccc6c(c5)-c5cccc7cccc-6c57)c43)cc2)cc1. The van der Waals surface area contributed by atoms with E-state index in [-0.39, 0.29) is 0 Å². The van der Waals surface area contributed by atoms with Gasteiger partial charge in [-0.25, -0.2) is 0 Å². The molecule has 0 radical (unpaired) electrons. The lowest BCUT2D eigenvalue weighted by atomic mass is 10.0. The highest BCUT2D eigenvalue weighted by Crippen LogP contribution is 2.50. The molecule has 12 aromatic rings. The highest BCUT2D eigenvalue weighted by molar-refractivity contribution is 6.31. The van der Waals surface area contributed by atoms with Crippen LogP contribution in [0.25, 0.3) is 121 Å². The van der Waals surface area contributed by atoms with Gasteiger partial charge in [0.25, 0.3) is 0 Å². The van der Waals surface area contributed by atoms with E-state index in [1.165, 1.54) is 82.2 Å². The number of benzene rings is 9. The fourth-order valence-corrected chi connectivity index (χ4v) is 9.74. The van der Waals surface area contributed by atoms with Gasteiger partial charge in [0.2, 0.25) is 0 Å².